The SMILES string of the molecule is Cl.Nc1cc(C(=O)O)c2c(c1)[C@@H](N)CCO2. The minimum absolute atomic E-state index is 0. The number of fused-ring (bicyclic) bond motifs is 1. The molecule has 88 valence electrons. The molecule has 1 atom stereocenters. The Morgan fingerprint density at radius 1 is 1.50 bits per heavy atom. The standard InChI is InChI=1S/C10H12N2O3.ClH/c11-5-3-6-8(12)1-2-15-9(6)7(4-5)10(13)14;/h3-4,8H,1-2,11-12H2,(H,13,14);1H/t8-;/m0./s1. The van der Waals surface area contributed by atoms with Crippen molar-refractivity contribution >= 4 is 24.1 Å². The Morgan fingerprint density at radius 2 is 2.19 bits per heavy atom. The van der Waals surface area contributed by atoms with E-state index in [1.165, 1.54) is 6.07 Å². The predicted molar refractivity (Wildman–Crippen MR) is 62.1 cm³/mol. The third kappa shape index (κ3) is 2.05. The van der Waals surface area contributed by atoms with Gasteiger partial charge in [0, 0.05) is 23.7 Å². The summed E-state index contributed by atoms with van der Waals surface area (Å²) in [5, 5.41) is 8.98. The van der Waals surface area contributed by atoms with Crippen LogP contribution in [0.2, 0.25) is 0 Å². The van der Waals surface area contributed by atoms with Gasteiger partial charge in [-0.15, -0.1) is 12.4 Å². The van der Waals surface area contributed by atoms with E-state index in [1.807, 2.05) is 0 Å². The number of anilines is 1. The maximum Gasteiger partial charge on any atom is 0.339 e. The number of benzene rings is 1. The van der Waals surface area contributed by atoms with E-state index in [-0.39, 0.29) is 24.0 Å². The Labute approximate surface area is 98.8 Å². The van der Waals surface area contributed by atoms with E-state index >= 15 is 0 Å². The maximum atomic E-state index is 11.0. The van der Waals surface area contributed by atoms with Crippen molar-refractivity contribution in [3.8, 4) is 5.75 Å². The zero-order chi connectivity index (χ0) is 11.0. The van der Waals surface area contributed by atoms with Crippen LogP contribution in [0.4, 0.5) is 5.69 Å². The van der Waals surface area contributed by atoms with E-state index in [0.717, 1.165) is 0 Å². The third-order valence-electron chi connectivity index (χ3n) is 2.45. The highest BCUT2D eigenvalue weighted by Crippen LogP contribution is 2.35. The highest BCUT2D eigenvalue weighted by atomic mass is 35.5. The number of hydrogen-bond acceptors (Lipinski definition) is 4. The van der Waals surface area contributed by atoms with Crippen LogP contribution in [-0.2, 0) is 0 Å². The van der Waals surface area contributed by atoms with Gasteiger partial charge in [0.1, 0.15) is 11.3 Å². The van der Waals surface area contributed by atoms with Crippen LogP contribution in [0.5, 0.6) is 5.75 Å². The minimum atomic E-state index is -1.05. The maximum absolute atomic E-state index is 11.0. The van der Waals surface area contributed by atoms with Crippen molar-refractivity contribution in [3.05, 3.63) is 23.3 Å². The van der Waals surface area contributed by atoms with Gasteiger partial charge >= 0.3 is 5.97 Å². The highest BCUT2D eigenvalue weighted by molar-refractivity contribution is 5.93. The van der Waals surface area contributed by atoms with Crippen LogP contribution < -0.4 is 16.2 Å². The van der Waals surface area contributed by atoms with E-state index in [2.05, 4.69) is 0 Å². The molecule has 2 rings (SSSR count). The molecule has 0 spiro atoms. The number of carboxylic acid groups (broad SMARTS) is 1. The van der Waals surface area contributed by atoms with Gasteiger partial charge in [-0.25, -0.2) is 4.79 Å². The van der Waals surface area contributed by atoms with Crippen LogP contribution >= 0.6 is 12.4 Å². The molecule has 0 amide bonds. The van der Waals surface area contributed by atoms with Crippen LogP contribution in [0.3, 0.4) is 0 Å². The fourth-order valence-electron chi connectivity index (χ4n) is 1.71. The molecule has 0 aromatic heterocycles. The van der Waals surface area contributed by atoms with E-state index in [9.17, 15) is 4.79 Å². The Balaban J connectivity index is 0.00000128. The zero-order valence-electron chi connectivity index (χ0n) is 8.47. The van der Waals surface area contributed by atoms with Gasteiger partial charge in [0.2, 0.25) is 0 Å². The average molecular weight is 245 g/mol. The van der Waals surface area contributed by atoms with Crippen LogP contribution in [0, 0.1) is 0 Å². The van der Waals surface area contributed by atoms with Crippen LogP contribution in [0.15, 0.2) is 12.1 Å². The summed E-state index contributed by atoms with van der Waals surface area (Å²) < 4.78 is 5.32. The summed E-state index contributed by atoms with van der Waals surface area (Å²) in [5.74, 6) is -0.692. The molecule has 16 heavy (non-hydrogen) atoms. The molecule has 5 nitrogen and oxygen atoms in total. The molecule has 0 saturated carbocycles. The molecule has 0 bridgehead atoms. The first-order valence-corrected chi connectivity index (χ1v) is 4.64. The van der Waals surface area contributed by atoms with Gasteiger partial charge in [-0.2, -0.15) is 0 Å². The first kappa shape index (κ1) is 12.6. The van der Waals surface area contributed by atoms with Crippen molar-refractivity contribution in [3.63, 3.8) is 0 Å². The molecule has 5 N–H and O–H groups in total. The molecule has 1 aromatic rings. The third-order valence-corrected chi connectivity index (χ3v) is 2.45. The lowest BCUT2D eigenvalue weighted by molar-refractivity contribution is 0.0691. The molecule has 0 fully saturated rings. The fourth-order valence-corrected chi connectivity index (χ4v) is 1.71. The molecule has 0 unspecified atom stereocenters. The lowest BCUT2D eigenvalue weighted by Crippen LogP contribution is -2.22. The summed E-state index contributed by atoms with van der Waals surface area (Å²) in [6, 6.07) is 2.86. The van der Waals surface area contributed by atoms with Crippen LogP contribution in [0.25, 0.3) is 0 Å². The van der Waals surface area contributed by atoms with Crippen molar-refractivity contribution in [2.24, 2.45) is 5.73 Å². The van der Waals surface area contributed by atoms with Gasteiger partial charge in [0.25, 0.3) is 0 Å². The second-order valence-electron chi connectivity index (χ2n) is 3.54. The lowest BCUT2D eigenvalue weighted by atomic mass is 9.97. The Hall–Kier alpha value is -1.46. The van der Waals surface area contributed by atoms with Crippen LogP contribution in [-0.4, -0.2) is 17.7 Å². The number of nitrogen functional groups attached to an aromatic ring is 1. The molecular weight excluding hydrogens is 232 g/mol. The molecule has 6 heteroatoms. The fraction of sp³-hybridized carbons (Fsp3) is 0.300. The zero-order valence-corrected chi connectivity index (χ0v) is 9.29. The number of ether oxygens (including phenoxy) is 1. The van der Waals surface area contributed by atoms with Gasteiger partial charge in [-0.05, 0) is 12.1 Å². The number of carbonyl (C=O) groups is 1. The largest absolute Gasteiger partial charge is 0.492 e. The van der Waals surface area contributed by atoms with Gasteiger partial charge < -0.3 is 21.3 Å². The average Bonchev–Trinajstić information content (AvgIpc) is 2.18. The first-order valence-electron chi connectivity index (χ1n) is 4.64. The molecule has 1 aliphatic rings. The second-order valence-corrected chi connectivity index (χ2v) is 3.54. The van der Waals surface area contributed by atoms with E-state index in [0.29, 0.717) is 30.0 Å². The van der Waals surface area contributed by atoms with E-state index in [4.69, 9.17) is 21.3 Å². The second kappa shape index (κ2) is 4.59. The van der Waals surface area contributed by atoms with Crippen molar-refractivity contribution in [2.75, 3.05) is 12.3 Å². The van der Waals surface area contributed by atoms with Crippen molar-refractivity contribution in [2.45, 2.75) is 12.5 Å². The summed E-state index contributed by atoms with van der Waals surface area (Å²) in [6.45, 7) is 0.443. The topological polar surface area (TPSA) is 98.6 Å². The summed E-state index contributed by atoms with van der Waals surface area (Å²) in [5.41, 5.74) is 12.6. The van der Waals surface area contributed by atoms with Gasteiger partial charge in [0.05, 0.1) is 6.61 Å². The summed E-state index contributed by atoms with van der Waals surface area (Å²) >= 11 is 0. The minimum Gasteiger partial charge on any atom is -0.492 e. The Bertz CT molecular complexity index is 423. The lowest BCUT2D eigenvalue weighted by Gasteiger charge is -2.24. The Kier molecular flexibility index (Phi) is 3.62. The smallest absolute Gasteiger partial charge is 0.339 e. The Morgan fingerprint density at radius 3 is 2.81 bits per heavy atom. The van der Waals surface area contributed by atoms with Crippen LogP contribution in [0.1, 0.15) is 28.4 Å². The van der Waals surface area contributed by atoms with E-state index < -0.39 is 5.97 Å². The monoisotopic (exact) mass is 244 g/mol. The van der Waals surface area contributed by atoms with Gasteiger partial charge in [-0.3, -0.25) is 0 Å². The number of halogens is 1. The summed E-state index contributed by atoms with van der Waals surface area (Å²) in [6.07, 6.45) is 0.676. The molecule has 0 aliphatic carbocycles. The van der Waals surface area contributed by atoms with Crippen molar-refractivity contribution in [1.29, 1.82) is 0 Å². The molecule has 1 aliphatic heterocycles. The summed E-state index contributed by atoms with van der Waals surface area (Å²) in [7, 11) is 0. The molecule has 1 aromatic carbocycles. The van der Waals surface area contributed by atoms with Gasteiger partial charge in [0.15, 0.2) is 0 Å². The summed E-state index contributed by atoms with van der Waals surface area (Å²) in [4.78, 5) is 11.0. The highest BCUT2D eigenvalue weighted by Gasteiger charge is 2.24. The number of rotatable bonds is 1. The van der Waals surface area contributed by atoms with Crippen molar-refractivity contribution < 1.29 is 14.6 Å². The molecular formula is C10H13ClN2O3. The number of nitrogens with two attached hydrogens (primary N) is 2. The van der Waals surface area contributed by atoms with Gasteiger partial charge in [-0.1, -0.05) is 0 Å². The number of hydrogen-bond donors (Lipinski definition) is 3. The normalized spacial score (nSPS) is 17.9. The molecule has 0 saturated heterocycles. The molecule has 1 heterocycles. The molecule has 0 radical (unpaired) electrons. The predicted octanol–water partition coefficient (Wildman–Crippen LogP) is 1.17. The number of carboxylic acids is 1. The quantitative estimate of drug-likeness (QED) is 0.644. The van der Waals surface area contributed by atoms with E-state index in [1.54, 1.807) is 6.07 Å². The first-order chi connectivity index (χ1) is 7.09. The number of aromatic carboxylic acids is 1. The van der Waals surface area contributed by atoms with Crippen molar-refractivity contribution in [1.82, 2.24) is 0 Å².